The van der Waals surface area contributed by atoms with E-state index in [9.17, 15) is 0 Å². The molecule has 0 heterocycles. The SMILES string of the molecule is [B]P[SiH3].[Fe]. The minimum absolute atomic E-state index is 0. The predicted molar refractivity (Wildman–Crippen MR) is 24.0 cm³/mol. The van der Waals surface area contributed by atoms with Gasteiger partial charge in [0.25, 0.3) is 0 Å². The summed E-state index contributed by atoms with van der Waals surface area (Å²) in [5, 5.41) is 0. The Kier molecular flexibility index (Phi) is 19.9. The van der Waals surface area contributed by atoms with Crippen molar-refractivity contribution in [3.63, 3.8) is 0 Å². The van der Waals surface area contributed by atoms with Crippen LogP contribution in [0.3, 0.4) is 0 Å². The molecule has 0 amide bonds. The zero-order chi connectivity index (χ0) is 2.71. The number of rotatable bonds is 0. The standard InChI is InChI=1S/BH4PSi.Fe/c1-2-3;/h2H,3H3;. The molecule has 1 atom stereocenters. The summed E-state index contributed by atoms with van der Waals surface area (Å²) in [6, 6.07) is 0. The molecule has 4 heteroatoms. The minimum Gasteiger partial charge on any atom is -0.191 e. The van der Waals surface area contributed by atoms with E-state index in [-0.39, 0.29) is 17.1 Å². The number of hydrogen-bond donors (Lipinski definition) is 0. The zero-order valence-corrected chi connectivity index (χ0v) is 6.54. The van der Waals surface area contributed by atoms with Crippen molar-refractivity contribution in [3.8, 4) is 0 Å². The molecule has 0 saturated carbocycles. The molecule has 0 bridgehead atoms. The van der Waals surface area contributed by atoms with Gasteiger partial charge in [0.2, 0.25) is 0 Å². The molecule has 24 valence electrons. The van der Waals surface area contributed by atoms with Gasteiger partial charge in [-0.3, -0.25) is 0 Å². The normalized spacial score (nSPS) is 8.00. The summed E-state index contributed by atoms with van der Waals surface area (Å²) in [5.41, 5.74) is 0. The Balaban J connectivity index is 0. The van der Waals surface area contributed by atoms with Crippen molar-refractivity contribution in [3.05, 3.63) is 0 Å². The van der Waals surface area contributed by atoms with E-state index in [0.717, 1.165) is 8.01 Å². The summed E-state index contributed by atoms with van der Waals surface area (Å²) in [4.78, 5) is 0. The van der Waals surface area contributed by atoms with E-state index in [1.807, 2.05) is 0 Å². The average Bonchev–Trinajstić information content (AvgIpc) is 0.918. The summed E-state index contributed by atoms with van der Waals surface area (Å²) >= 11 is 0. The molecule has 0 saturated heterocycles. The summed E-state index contributed by atoms with van der Waals surface area (Å²) in [7, 11) is 6.83. The minimum atomic E-state index is 0. The first-order valence-corrected chi connectivity index (χ1v) is 5.37. The van der Waals surface area contributed by atoms with Crippen LogP contribution in [-0.4, -0.2) is 17.5 Å². The number of hydrogen-bond acceptors (Lipinski definition) is 0. The van der Waals surface area contributed by atoms with Gasteiger partial charge in [0.05, 0.1) is 7.57 Å². The molecule has 0 rings (SSSR count). The Bertz CT molecular complexity index is 8.00. The van der Waals surface area contributed by atoms with Crippen molar-refractivity contribution < 1.29 is 17.1 Å². The molecule has 0 spiro atoms. The second-order valence-corrected chi connectivity index (χ2v) is 2.60. The first kappa shape index (κ1) is 8.97. The van der Waals surface area contributed by atoms with Crippen LogP contribution < -0.4 is 0 Å². The van der Waals surface area contributed by atoms with Crippen LogP contribution in [-0.2, 0) is 17.1 Å². The van der Waals surface area contributed by atoms with Gasteiger partial charge in [0.1, 0.15) is 0 Å². The molecule has 0 aliphatic rings. The van der Waals surface area contributed by atoms with Crippen molar-refractivity contribution in [2.45, 2.75) is 0 Å². The van der Waals surface area contributed by atoms with Crippen LogP contribution in [0.25, 0.3) is 0 Å². The van der Waals surface area contributed by atoms with Crippen LogP contribution in [0.15, 0.2) is 0 Å². The van der Waals surface area contributed by atoms with Crippen molar-refractivity contribution in [1.82, 2.24) is 0 Å². The molecule has 0 aromatic carbocycles. The second-order valence-electron chi connectivity index (χ2n) is 0.289. The fourth-order valence-electron chi connectivity index (χ4n) is 0. The van der Waals surface area contributed by atoms with Crippen molar-refractivity contribution in [1.29, 1.82) is 0 Å². The Morgan fingerprint density at radius 3 is 1.75 bits per heavy atom. The molecular weight excluding hydrogens is 126 g/mol. The smallest absolute Gasteiger partial charge is 0.0975 e. The monoisotopic (exact) mass is 130 g/mol. The van der Waals surface area contributed by atoms with Gasteiger partial charge in [-0.1, -0.05) is 0 Å². The maximum absolute atomic E-state index is 4.94. The molecule has 0 aliphatic carbocycles. The van der Waals surface area contributed by atoms with Gasteiger partial charge >= 0.3 is 0 Å². The molecule has 0 aromatic heterocycles. The molecule has 0 N–H and O–H groups in total. The molecule has 2 radical (unpaired) electrons. The summed E-state index contributed by atoms with van der Waals surface area (Å²) < 4.78 is 0. The molecule has 0 fully saturated rings. The van der Waals surface area contributed by atoms with E-state index in [1.54, 1.807) is 0 Å². The largest absolute Gasteiger partial charge is 0.191 e. The Morgan fingerprint density at radius 1 is 1.75 bits per heavy atom. The Morgan fingerprint density at radius 2 is 1.75 bits per heavy atom. The summed E-state index contributed by atoms with van der Waals surface area (Å²) in [6.45, 7) is 0. The van der Waals surface area contributed by atoms with E-state index in [0.29, 0.717) is 0 Å². The fourth-order valence-corrected chi connectivity index (χ4v) is 0. The van der Waals surface area contributed by atoms with Crippen LogP contribution in [0, 0.1) is 0 Å². The van der Waals surface area contributed by atoms with Crippen LogP contribution in [0.2, 0.25) is 0 Å². The van der Waals surface area contributed by atoms with E-state index in [1.165, 1.54) is 9.91 Å². The molecule has 0 aliphatic heterocycles. The first-order valence-electron chi connectivity index (χ1n) is 0.789. The molecule has 0 aromatic rings. The third kappa shape index (κ3) is 10.6. The van der Waals surface area contributed by atoms with Gasteiger partial charge in [-0.2, -0.15) is 8.01 Å². The van der Waals surface area contributed by atoms with Crippen LogP contribution in [0.4, 0.5) is 0 Å². The van der Waals surface area contributed by atoms with Gasteiger partial charge < -0.3 is 0 Å². The zero-order valence-electron chi connectivity index (χ0n) is 2.43. The van der Waals surface area contributed by atoms with Gasteiger partial charge in [0.15, 0.2) is 0 Å². The van der Waals surface area contributed by atoms with Gasteiger partial charge in [0, 0.05) is 27.0 Å². The first-order chi connectivity index (χ1) is 1.41. The van der Waals surface area contributed by atoms with Gasteiger partial charge in [-0.05, 0) is 0 Å². The quantitative estimate of drug-likeness (QED) is 0.292. The Labute approximate surface area is 43.0 Å². The van der Waals surface area contributed by atoms with Crippen LogP contribution >= 0.6 is 8.01 Å². The summed E-state index contributed by atoms with van der Waals surface area (Å²) in [5.74, 6) is 0. The average molecular weight is 130 g/mol. The van der Waals surface area contributed by atoms with E-state index in [2.05, 4.69) is 0 Å². The van der Waals surface area contributed by atoms with Crippen molar-refractivity contribution in [2.24, 2.45) is 0 Å². The van der Waals surface area contributed by atoms with Gasteiger partial charge in [-0.15, -0.1) is 0 Å². The molecular formula is H4BFePSi. The van der Waals surface area contributed by atoms with Gasteiger partial charge in [-0.25, -0.2) is 0 Å². The molecule has 4 heavy (non-hydrogen) atoms. The third-order valence-corrected chi connectivity index (χ3v) is 0. The van der Waals surface area contributed by atoms with E-state index >= 15 is 0 Å². The topological polar surface area (TPSA) is 0 Å². The van der Waals surface area contributed by atoms with E-state index < -0.39 is 0 Å². The maximum atomic E-state index is 4.94. The predicted octanol–water partition coefficient (Wildman–Crippen LogP) is -0.974. The third-order valence-electron chi connectivity index (χ3n) is 0. The second kappa shape index (κ2) is 8.87. The van der Waals surface area contributed by atoms with E-state index in [4.69, 9.17) is 7.57 Å². The fraction of sp³-hybridized carbons (Fsp3) is 0. The van der Waals surface area contributed by atoms with Crippen molar-refractivity contribution >= 4 is 25.5 Å². The Hall–Kier alpha value is 1.23. The summed E-state index contributed by atoms with van der Waals surface area (Å²) in [6.07, 6.45) is 0. The van der Waals surface area contributed by atoms with Crippen molar-refractivity contribution in [2.75, 3.05) is 0 Å². The molecule has 1 unspecified atom stereocenters. The van der Waals surface area contributed by atoms with Crippen LogP contribution in [0.5, 0.6) is 0 Å². The molecule has 0 nitrogen and oxygen atoms in total. The van der Waals surface area contributed by atoms with Crippen LogP contribution in [0.1, 0.15) is 0 Å². The maximum Gasteiger partial charge on any atom is 0.0975 e.